The largest absolute Gasteiger partial charge is 0.309 e. The van der Waals surface area contributed by atoms with Crippen molar-refractivity contribution in [3.8, 4) is 16.9 Å². The molecule has 7 rings (SSSR count). The highest BCUT2D eigenvalue weighted by atomic mass is 15.0. The Bertz CT molecular complexity index is 1690. The van der Waals surface area contributed by atoms with E-state index in [1.807, 2.05) is 30.6 Å². The molecule has 0 atom stereocenters. The van der Waals surface area contributed by atoms with Crippen molar-refractivity contribution < 1.29 is 0 Å². The van der Waals surface area contributed by atoms with E-state index in [1.165, 1.54) is 52.3 Å². The summed E-state index contributed by atoms with van der Waals surface area (Å²) in [6.45, 7) is 0. The lowest BCUT2D eigenvalue weighted by atomic mass is 9.67. The van der Waals surface area contributed by atoms with Gasteiger partial charge in [0, 0.05) is 39.8 Å². The molecule has 3 aromatic heterocycles. The number of nitrogens with zero attached hydrogens (tertiary/aromatic N) is 3. The minimum Gasteiger partial charge on any atom is -0.309 e. The van der Waals surface area contributed by atoms with Crippen LogP contribution < -0.4 is 0 Å². The second-order valence-corrected chi connectivity index (χ2v) is 10.2. The molecule has 0 aliphatic heterocycles. The zero-order valence-corrected chi connectivity index (χ0v) is 20.8. The standard InChI is InChI=1S/C34H29N3/c1-6-19-34(20-7-1,33-16-5-9-22-36-33)26-17-18-29-28-13-2-3-15-31(28)37(32(29)24-26)27-12-10-11-25(23-27)30-14-4-8-21-35-30/h2-5,8-18,21-24H,1,6-7,19-20H2. The van der Waals surface area contributed by atoms with Crippen molar-refractivity contribution in [3.63, 3.8) is 0 Å². The number of aromatic nitrogens is 3. The van der Waals surface area contributed by atoms with Crippen molar-refractivity contribution in [2.24, 2.45) is 0 Å². The van der Waals surface area contributed by atoms with Crippen LogP contribution in [0.3, 0.4) is 0 Å². The lowest BCUT2D eigenvalue weighted by Crippen LogP contribution is -2.31. The second-order valence-electron chi connectivity index (χ2n) is 10.2. The third-order valence-corrected chi connectivity index (χ3v) is 8.15. The Balaban J connectivity index is 1.48. The molecule has 0 saturated heterocycles. The topological polar surface area (TPSA) is 30.7 Å². The van der Waals surface area contributed by atoms with Crippen LogP contribution in [0.5, 0.6) is 0 Å². The summed E-state index contributed by atoms with van der Waals surface area (Å²) in [5, 5.41) is 2.57. The quantitative estimate of drug-likeness (QED) is 0.254. The summed E-state index contributed by atoms with van der Waals surface area (Å²) in [5.74, 6) is 0. The van der Waals surface area contributed by atoms with Gasteiger partial charge in [0.25, 0.3) is 0 Å². The smallest absolute Gasteiger partial charge is 0.0702 e. The fraction of sp³-hybridized carbons (Fsp3) is 0.176. The van der Waals surface area contributed by atoms with E-state index >= 15 is 0 Å². The fourth-order valence-corrected chi connectivity index (χ4v) is 6.38. The van der Waals surface area contributed by atoms with Crippen molar-refractivity contribution in [1.29, 1.82) is 0 Å². The second kappa shape index (κ2) is 9.01. The van der Waals surface area contributed by atoms with Crippen molar-refractivity contribution in [2.45, 2.75) is 37.5 Å². The number of fused-ring (bicyclic) bond motifs is 3. The summed E-state index contributed by atoms with van der Waals surface area (Å²) >= 11 is 0. The van der Waals surface area contributed by atoms with Gasteiger partial charge < -0.3 is 4.57 Å². The molecule has 180 valence electrons. The van der Waals surface area contributed by atoms with Crippen LogP contribution in [0.25, 0.3) is 38.8 Å². The van der Waals surface area contributed by atoms with E-state index in [1.54, 1.807) is 0 Å². The Morgan fingerprint density at radius 3 is 2.19 bits per heavy atom. The van der Waals surface area contributed by atoms with Crippen LogP contribution >= 0.6 is 0 Å². The lowest BCUT2D eigenvalue weighted by Gasteiger charge is -2.37. The summed E-state index contributed by atoms with van der Waals surface area (Å²) in [7, 11) is 0. The maximum atomic E-state index is 4.89. The highest BCUT2D eigenvalue weighted by molar-refractivity contribution is 6.09. The Morgan fingerprint density at radius 2 is 1.38 bits per heavy atom. The van der Waals surface area contributed by atoms with Crippen LogP contribution in [-0.2, 0) is 5.41 Å². The average Bonchev–Trinajstić information content (AvgIpc) is 3.32. The third kappa shape index (κ3) is 3.65. The van der Waals surface area contributed by atoms with Gasteiger partial charge in [-0.15, -0.1) is 0 Å². The predicted octanol–water partition coefficient (Wildman–Crippen LogP) is 8.49. The van der Waals surface area contributed by atoms with Crippen LogP contribution in [0.2, 0.25) is 0 Å². The first-order valence-electron chi connectivity index (χ1n) is 13.3. The molecule has 6 aromatic rings. The molecule has 0 N–H and O–H groups in total. The first-order valence-corrected chi connectivity index (χ1v) is 13.3. The molecule has 37 heavy (non-hydrogen) atoms. The molecule has 1 saturated carbocycles. The molecular formula is C34H29N3. The number of hydrogen-bond donors (Lipinski definition) is 0. The molecule has 3 heterocycles. The summed E-state index contributed by atoms with van der Waals surface area (Å²) in [6, 6.07) is 37.1. The number of pyridine rings is 2. The molecule has 0 amide bonds. The Morgan fingerprint density at radius 1 is 0.595 bits per heavy atom. The van der Waals surface area contributed by atoms with Gasteiger partial charge in [-0.2, -0.15) is 0 Å². The molecule has 3 heteroatoms. The van der Waals surface area contributed by atoms with Crippen LogP contribution in [0, 0.1) is 0 Å². The van der Waals surface area contributed by atoms with Crippen LogP contribution in [0.4, 0.5) is 0 Å². The fourth-order valence-electron chi connectivity index (χ4n) is 6.38. The van der Waals surface area contributed by atoms with Gasteiger partial charge in [0.15, 0.2) is 0 Å². The van der Waals surface area contributed by atoms with Crippen LogP contribution in [0.1, 0.15) is 43.4 Å². The molecular weight excluding hydrogens is 450 g/mol. The summed E-state index contributed by atoms with van der Waals surface area (Å²) in [6.07, 6.45) is 9.88. The van der Waals surface area contributed by atoms with Gasteiger partial charge in [-0.1, -0.05) is 73.9 Å². The van der Waals surface area contributed by atoms with Crippen molar-refractivity contribution in [2.75, 3.05) is 0 Å². The summed E-state index contributed by atoms with van der Waals surface area (Å²) in [5.41, 5.74) is 8.28. The van der Waals surface area contributed by atoms with Crippen molar-refractivity contribution >= 4 is 21.8 Å². The van der Waals surface area contributed by atoms with E-state index in [4.69, 9.17) is 4.98 Å². The minimum absolute atomic E-state index is 0.0369. The van der Waals surface area contributed by atoms with Gasteiger partial charge in [-0.05, 0) is 66.9 Å². The summed E-state index contributed by atoms with van der Waals surface area (Å²) < 4.78 is 2.43. The monoisotopic (exact) mass is 479 g/mol. The van der Waals surface area contributed by atoms with Crippen molar-refractivity contribution in [1.82, 2.24) is 14.5 Å². The van der Waals surface area contributed by atoms with E-state index in [0.29, 0.717) is 0 Å². The molecule has 1 aliphatic rings. The molecule has 3 aromatic carbocycles. The summed E-state index contributed by atoms with van der Waals surface area (Å²) in [4.78, 5) is 9.48. The van der Waals surface area contributed by atoms with Crippen LogP contribution in [0.15, 0.2) is 116 Å². The highest BCUT2D eigenvalue weighted by Crippen LogP contribution is 2.45. The average molecular weight is 480 g/mol. The third-order valence-electron chi connectivity index (χ3n) is 8.15. The molecule has 1 fully saturated rings. The van der Waals surface area contributed by atoms with Gasteiger partial charge in [-0.25, -0.2) is 0 Å². The van der Waals surface area contributed by atoms with Gasteiger partial charge in [-0.3, -0.25) is 9.97 Å². The van der Waals surface area contributed by atoms with E-state index in [-0.39, 0.29) is 5.41 Å². The van der Waals surface area contributed by atoms with E-state index in [0.717, 1.165) is 29.8 Å². The minimum atomic E-state index is -0.0369. The van der Waals surface area contributed by atoms with Gasteiger partial charge in [0.05, 0.1) is 22.4 Å². The number of para-hydroxylation sites is 1. The maximum Gasteiger partial charge on any atom is 0.0702 e. The Labute approximate surface area is 217 Å². The lowest BCUT2D eigenvalue weighted by molar-refractivity contribution is 0.339. The molecule has 0 spiro atoms. The van der Waals surface area contributed by atoms with Crippen LogP contribution in [-0.4, -0.2) is 14.5 Å². The van der Waals surface area contributed by atoms with Crippen molar-refractivity contribution in [3.05, 3.63) is 127 Å². The first kappa shape index (κ1) is 22.0. The predicted molar refractivity (Wildman–Crippen MR) is 152 cm³/mol. The SMILES string of the molecule is c1ccc(-c2cccc(-n3c4ccccc4c4ccc(C5(c6ccccn6)CCCCC5)cc43)c2)nc1. The first-order chi connectivity index (χ1) is 18.3. The molecule has 1 aliphatic carbocycles. The van der Waals surface area contributed by atoms with Gasteiger partial charge >= 0.3 is 0 Å². The normalized spacial score (nSPS) is 15.2. The maximum absolute atomic E-state index is 4.89. The zero-order valence-electron chi connectivity index (χ0n) is 20.8. The Hall–Kier alpha value is -4.24. The number of benzene rings is 3. The van der Waals surface area contributed by atoms with Gasteiger partial charge in [0.2, 0.25) is 0 Å². The molecule has 0 bridgehead atoms. The zero-order chi connectivity index (χ0) is 24.7. The molecule has 0 radical (unpaired) electrons. The van der Waals surface area contributed by atoms with E-state index in [9.17, 15) is 0 Å². The number of rotatable bonds is 4. The van der Waals surface area contributed by atoms with E-state index < -0.39 is 0 Å². The number of hydrogen-bond acceptors (Lipinski definition) is 2. The highest BCUT2D eigenvalue weighted by Gasteiger charge is 2.37. The van der Waals surface area contributed by atoms with Gasteiger partial charge in [0.1, 0.15) is 0 Å². The molecule has 0 unspecified atom stereocenters. The Kier molecular flexibility index (Phi) is 5.35. The molecule has 3 nitrogen and oxygen atoms in total. The van der Waals surface area contributed by atoms with E-state index in [2.05, 4.69) is 94.5 Å².